The smallest absolute Gasteiger partial charge is 0.343 e. The van der Waals surface area contributed by atoms with Crippen LogP contribution in [0.1, 0.15) is 83.2 Å². The van der Waals surface area contributed by atoms with Crippen molar-refractivity contribution in [2.24, 2.45) is 5.10 Å². The second-order valence-electron chi connectivity index (χ2n) is 16.4. The van der Waals surface area contributed by atoms with Gasteiger partial charge in [0.15, 0.2) is 0 Å². The SMILES string of the molecule is C=CC(=O)OCCCCCCOc1ccc(C(=O)Oc2ccc(OC(=O)c3ccc(OCCCCCCOC(=O)C=C)cc3)c(/C=N/n3c4ccccc4c4cc(-c5ccccc5C)ccc43)c2)cc1. The Bertz CT molecular complexity index is 2970. The zero-order valence-corrected chi connectivity index (χ0v) is 39.3. The number of fused-ring (bicyclic) bond motifs is 3. The molecule has 0 atom stereocenters. The molecular weight excluding hydrogens is 885 g/mol. The number of nitrogens with zero attached hydrogens (tertiary/aromatic N) is 2. The van der Waals surface area contributed by atoms with E-state index < -0.39 is 23.9 Å². The molecule has 0 aliphatic carbocycles. The second kappa shape index (κ2) is 25.2. The van der Waals surface area contributed by atoms with E-state index in [4.69, 9.17) is 33.5 Å². The lowest BCUT2D eigenvalue weighted by atomic mass is 9.99. The van der Waals surface area contributed by atoms with Crippen LogP contribution in [0.25, 0.3) is 32.9 Å². The molecule has 0 spiro atoms. The maximum absolute atomic E-state index is 13.7. The third-order valence-electron chi connectivity index (χ3n) is 11.4. The van der Waals surface area contributed by atoms with Gasteiger partial charge in [-0.25, -0.2) is 23.9 Å². The van der Waals surface area contributed by atoms with Gasteiger partial charge < -0.3 is 28.4 Å². The lowest BCUT2D eigenvalue weighted by Gasteiger charge is -2.11. The highest BCUT2D eigenvalue weighted by molar-refractivity contribution is 6.09. The molecule has 0 unspecified atom stereocenters. The average Bonchev–Trinajstić information content (AvgIpc) is 3.70. The molecule has 0 saturated heterocycles. The molecule has 0 aliphatic rings. The molecule has 0 bridgehead atoms. The molecule has 12 heteroatoms. The number of para-hydroxylation sites is 1. The molecule has 0 fully saturated rings. The maximum atomic E-state index is 13.7. The summed E-state index contributed by atoms with van der Waals surface area (Å²) in [7, 11) is 0. The third kappa shape index (κ3) is 13.7. The summed E-state index contributed by atoms with van der Waals surface area (Å²) in [4.78, 5) is 49.5. The second-order valence-corrected chi connectivity index (χ2v) is 16.4. The van der Waals surface area contributed by atoms with Crippen molar-refractivity contribution in [2.45, 2.75) is 58.3 Å². The van der Waals surface area contributed by atoms with E-state index in [0.29, 0.717) is 54.6 Å². The van der Waals surface area contributed by atoms with Gasteiger partial charge in [0.1, 0.15) is 23.0 Å². The van der Waals surface area contributed by atoms with E-state index in [0.717, 1.165) is 96.5 Å². The lowest BCUT2D eigenvalue weighted by Crippen LogP contribution is -2.11. The molecule has 1 heterocycles. The number of carbonyl (C=O) groups is 4. The van der Waals surface area contributed by atoms with Gasteiger partial charge in [0.2, 0.25) is 0 Å². The van der Waals surface area contributed by atoms with Crippen LogP contribution in [-0.4, -0.2) is 61.2 Å². The minimum Gasteiger partial charge on any atom is -0.494 e. The van der Waals surface area contributed by atoms with Crippen LogP contribution >= 0.6 is 0 Å². The first-order valence-corrected chi connectivity index (χ1v) is 23.5. The summed E-state index contributed by atoms with van der Waals surface area (Å²) in [6, 6.07) is 40.8. The highest BCUT2D eigenvalue weighted by Crippen LogP contribution is 2.34. The van der Waals surface area contributed by atoms with Crippen LogP contribution in [0, 0.1) is 6.92 Å². The zero-order chi connectivity index (χ0) is 49.1. The number of benzene rings is 6. The average molecular weight is 941 g/mol. The van der Waals surface area contributed by atoms with Crippen LogP contribution in [0.5, 0.6) is 23.0 Å². The van der Waals surface area contributed by atoms with Gasteiger partial charge in [-0.3, -0.25) is 0 Å². The van der Waals surface area contributed by atoms with Gasteiger partial charge >= 0.3 is 23.9 Å². The van der Waals surface area contributed by atoms with Crippen molar-refractivity contribution >= 4 is 51.9 Å². The zero-order valence-electron chi connectivity index (χ0n) is 39.3. The summed E-state index contributed by atoms with van der Waals surface area (Å²) < 4.78 is 35.5. The first-order valence-electron chi connectivity index (χ1n) is 23.5. The van der Waals surface area contributed by atoms with E-state index in [1.54, 1.807) is 72.9 Å². The van der Waals surface area contributed by atoms with E-state index in [2.05, 4.69) is 56.5 Å². The van der Waals surface area contributed by atoms with E-state index in [1.807, 2.05) is 35.0 Å². The van der Waals surface area contributed by atoms with Crippen LogP contribution in [0.15, 0.2) is 164 Å². The first kappa shape index (κ1) is 49.6. The Morgan fingerprint density at radius 2 is 1.06 bits per heavy atom. The predicted molar refractivity (Wildman–Crippen MR) is 272 cm³/mol. The number of aryl methyl sites for hydroxylation is 1. The Hall–Kier alpha value is -8.25. The van der Waals surface area contributed by atoms with Crippen molar-refractivity contribution in [1.82, 2.24) is 4.68 Å². The van der Waals surface area contributed by atoms with Crippen molar-refractivity contribution in [2.75, 3.05) is 26.4 Å². The molecule has 0 aliphatic heterocycles. The van der Waals surface area contributed by atoms with Crippen molar-refractivity contribution in [3.8, 4) is 34.1 Å². The van der Waals surface area contributed by atoms with Crippen LogP contribution in [0.3, 0.4) is 0 Å². The highest BCUT2D eigenvalue weighted by Gasteiger charge is 2.17. The number of hydrogen-bond donors (Lipinski definition) is 0. The van der Waals surface area contributed by atoms with Gasteiger partial charge in [-0.05, 0) is 160 Å². The van der Waals surface area contributed by atoms with Crippen molar-refractivity contribution in [3.05, 3.63) is 181 Å². The third-order valence-corrected chi connectivity index (χ3v) is 11.4. The van der Waals surface area contributed by atoms with Crippen molar-refractivity contribution in [3.63, 3.8) is 0 Å². The Kier molecular flexibility index (Phi) is 17.9. The molecule has 1 aromatic heterocycles. The van der Waals surface area contributed by atoms with E-state index >= 15 is 0 Å². The fourth-order valence-corrected chi connectivity index (χ4v) is 7.70. The Morgan fingerprint density at radius 3 is 1.66 bits per heavy atom. The summed E-state index contributed by atoms with van der Waals surface area (Å²) in [6.07, 6.45) is 10.7. The van der Waals surface area contributed by atoms with E-state index in [-0.39, 0.29) is 11.5 Å². The molecule has 12 nitrogen and oxygen atoms in total. The number of carbonyl (C=O) groups excluding carboxylic acids is 4. The Balaban J connectivity index is 1.05. The van der Waals surface area contributed by atoms with Gasteiger partial charge in [0, 0.05) is 28.5 Å². The normalized spacial score (nSPS) is 11.0. The van der Waals surface area contributed by atoms with Crippen LogP contribution in [0.2, 0.25) is 0 Å². The Morgan fingerprint density at radius 1 is 0.529 bits per heavy atom. The van der Waals surface area contributed by atoms with E-state index in [1.165, 1.54) is 5.56 Å². The minimum absolute atomic E-state index is 0.202. The largest absolute Gasteiger partial charge is 0.494 e. The summed E-state index contributed by atoms with van der Waals surface area (Å²) >= 11 is 0. The molecule has 70 heavy (non-hydrogen) atoms. The monoisotopic (exact) mass is 940 g/mol. The van der Waals surface area contributed by atoms with Gasteiger partial charge in [-0.2, -0.15) is 5.10 Å². The van der Waals surface area contributed by atoms with Crippen molar-refractivity contribution in [1.29, 1.82) is 0 Å². The number of rotatable bonds is 25. The molecule has 7 aromatic rings. The topological polar surface area (TPSA) is 141 Å². The maximum Gasteiger partial charge on any atom is 0.343 e. The summed E-state index contributed by atoms with van der Waals surface area (Å²) in [6.45, 7) is 10.6. The molecule has 7 rings (SSSR count). The summed E-state index contributed by atoms with van der Waals surface area (Å²) in [5, 5.41) is 7.01. The van der Waals surface area contributed by atoms with Crippen LogP contribution in [0.4, 0.5) is 0 Å². The molecule has 0 N–H and O–H groups in total. The fraction of sp³-hybridized carbons (Fsp3) is 0.224. The van der Waals surface area contributed by atoms with Crippen LogP contribution in [-0.2, 0) is 19.1 Å². The number of unbranched alkanes of at least 4 members (excludes halogenated alkanes) is 6. The number of ether oxygens (including phenoxy) is 6. The predicted octanol–water partition coefficient (Wildman–Crippen LogP) is 12.4. The standard InChI is InChI=1S/C58H56N2O10/c1-4-55(61)67-36-16-8-6-14-34-65-46-27-22-42(23-28-46)57(63)69-48-31-33-54(70-58(64)43-24-29-47(30-25-43)66-35-15-7-9-17-37-68-56(62)5-2)45(38-48)40-59-60-52-21-13-12-20-50(52)51-39-44(26-32-53(51)60)49-19-11-10-18-41(49)3/h4-5,10-13,18-33,38-40H,1-2,6-9,14-17,34-37H2,3H3/b59-40+. The number of hydrogen-bond acceptors (Lipinski definition) is 11. The van der Waals surface area contributed by atoms with Crippen LogP contribution < -0.4 is 18.9 Å². The summed E-state index contributed by atoms with van der Waals surface area (Å²) in [5.74, 6) is -0.367. The van der Waals surface area contributed by atoms with Crippen molar-refractivity contribution < 1.29 is 47.6 Å². The van der Waals surface area contributed by atoms with E-state index in [9.17, 15) is 19.2 Å². The van der Waals surface area contributed by atoms with Gasteiger partial charge in [-0.1, -0.05) is 61.7 Å². The molecule has 6 aromatic carbocycles. The summed E-state index contributed by atoms with van der Waals surface area (Å²) in [5.41, 5.74) is 6.18. The Labute approximate surface area is 407 Å². The van der Waals surface area contributed by atoms with Gasteiger partial charge in [0.25, 0.3) is 0 Å². The molecular formula is C58H56N2O10. The first-order chi connectivity index (χ1) is 34.2. The minimum atomic E-state index is -0.599. The van der Waals surface area contributed by atoms with Gasteiger partial charge in [0.05, 0.1) is 54.8 Å². The number of esters is 4. The fourth-order valence-electron chi connectivity index (χ4n) is 7.70. The molecule has 358 valence electrons. The molecule has 0 radical (unpaired) electrons. The highest BCUT2D eigenvalue weighted by atomic mass is 16.5. The quantitative estimate of drug-likeness (QED) is 0.0179. The molecule has 0 saturated carbocycles. The number of aromatic nitrogens is 1. The lowest BCUT2D eigenvalue weighted by molar-refractivity contribution is -0.138. The van der Waals surface area contributed by atoms with Gasteiger partial charge in [-0.15, -0.1) is 0 Å². The molecule has 0 amide bonds.